The van der Waals surface area contributed by atoms with Crippen LogP contribution in [0.1, 0.15) is 10.4 Å². The first-order valence-corrected chi connectivity index (χ1v) is 5.02. The number of rotatable bonds is 2. The van der Waals surface area contributed by atoms with E-state index in [-0.39, 0.29) is 5.97 Å². The Hall–Kier alpha value is -2.04. The number of hydrogen-bond acceptors (Lipinski definition) is 5. The summed E-state index contributed by atoms with van der Waals surface area (Å²) < 4.78 is 4.63. The van der Waals surface area contributed by atoms with Gasteiger partial charge in [-0.1, -0.05) is 0 Å². The average Bonchev–Trinajstić information content (AvgIpc) is 2.39. The van der Waals surface area contributed by atoms with Crippen molar-refractivity contribution >= 4 is 18.0 Å². The van der Waals surface area contributed by atoms with E-state index in [1.165, 1.54) is 7.11 Å². The van der Waals surface area contributed by atoms with Crippen LogP contribution in [0.3, 0.4) is 0 Å². The number of benzene rings is 1. The Morgan fingerprint density at radius 3 is 2.75 bits per heavy atom. The van der Waals surface area contributed by atoms with Crippen molar-refractivity contribution in [2.75, 3.05) is 25.1 Å². The van der Waals surface area contributed by atoms with Crippen LogP contribution in [0.5, 0.6) is 0 Å². The zero-order valence-corrected chi connectivity index (χ0v) is 9.01. The van der Waals surface area contributed by atoms with Crippen LogP contribution in [-0.2, 0) is 4.74 Å². The van der Waals surface area contributed by atoms with Crippen LogP contribution >= 0.6 is 0 Å². The molecule has 16 heavy (non-hydrogen) atoms. The SMILES string of the molecule is COC(=O)c1ccc(N2C=NNCC2)cc1. The highest BCUT2D eigenvalue weighted by molar-refractivity contribution is 5.90. The molecule has 0 amide bonds. The molecule has 84 valence electrons. The number of esters is 1. The van der Waals surface area contributed by atoms with Crippen LogP contribution < -0.4 is 10.3 Å². The lowest BCUT2D eigenvalue weighted by Gasteiger charge is -2.22. The second-order valence-corrected chi connectivity index (χ2v) is 3.38. The maximum Gasteiger partial charge on any atom is 0.337 e. The van der Waals surface area contributed by atoms with Gasteiger partial charge < -0.3 is 15.1 Å². The topological polar surface area (TPSA) is 53.9 Å². The monoisotopic (exact) mass is 219 g/mol. The summed E-state index contributed by atoms with van der Waals surface area (Å²) in [6.07, 6.45) is 1.73. The van der Waals surface area contributed by atoms with Crippen LogP contribution in [0.15, 0.2) is 29.4 Å². The van der Waals surface area contributed by atoms with Crippen LogP contribution in [-0.4, -0.2) is 32.5 Å². The summed E-state index contributed by atoms with van der Waals surface area (Å²) in [6, 6.07) is 7.25. The highest BCUT2D eigenvalue weighted by Gasteiger charge is 2.09. The molecule has 0 bridgehead atoms. The Bertz CT molecular complexity index is 400. The molecule has 1 aromatic carbocycles. The van der Waals surface area contributed by atoms with Gasteiger partial charge in [-0.15, -0.1) is 0 Å². The Labute approximate surface area is 93.7 Å². The number of nitrogens with zero attached hydrogens (tertiary/aromatic N) is 2. The molecule has 0 radical (unpaired) electrons. The van der Waals surface area contributed by atoms with Crippen molar-refractivity contribution in [3.8, 4) is 0 Å². The van der Waals surface area contributed by atoms with E-state index >= 15 is 0 Å². The summed E-state index contributed by atoms with van der Waals surface area (Å²) in [7, 11) is 1.37. The zero-order valence-electron chi connectivity index (χ0n) is 9.01. The Morgan fingerprint density at radius 1 is 1.44 bits per heavy atom. The Kier molecular flexibility index (Phi) is 3.05. The quantitative estimate of drug-likeness (QED) is 0.748. The van der Waals surface area contributed by atoms with E-state index < -0.39 is 0 Å². The van der Waals surface area contributed by atoms with Gasteiger partial charge in [0, 0.05) is 12.2 Å². The van der Waals surface area contributed by atoms with Gasteiger partial charge in [-0.25, -0.2) is 4.79 Å². The van der Waals surface area contributed by atoms with E-state index in [2.05, 4.69) is 15.3 Å². The summed E-state index contributed by atoms with van der Waals surface area (Å²) in [5.74, 6) is -0.319. The standard InChI is InChI=1S/C11H13N3O2/c1-16-11(15)9-2-4-10(5-3-9)14-7-6-12-13-8-14/h2-5,8,12H,6-7H2,1H3. The minimum absolute atomic E-state index is 0.319. The van der Waals surface area contributed by atoms with Crippen molar-refractivity contribution in [1.29, 1.82) is 0 Å². The van der Waals surface area contributed by atoms with E-state index in [0.717, 1.165) is 18.8 Å². The lowest BCUT2D eigenvalue weighted by Crippen LogP contribution is -2.34. The first kappa shape index (κ1) is 10.5. The Balaban J connectivity index is 2.15. The first-order chi connectivity index (χ1) is 7.81. The molecule has 0 saturated heterocycles. The minimum atomic E-state index is -0.319. The molecular weight excluding hydrogens is 206 g/mol. The van der Waals surface area contributed by atoms with Crippen LogP contribution in [0, 0.1) is 0 Å². The molecule has 5 nitrogen and oxygen atoms in total. The summed E-state index contributed by atoms with van der Waals surface area (Å²) >= 11 is 0. The zero-order chi connectivity index (χ0) is 11.4. The number of hydrogen-bond donors (Lipinski definition) is 1. The molecule has 2 rings (SSSR count). The molecule has 1 aliphatic heterocycles. The molecule has 1 aromatic rings. The Morgan fingerprint density at radius 2 is 2.19 bits per heavy atom. The van der Waals surface area contributed by atoms with Gasteiger partial charge in [-0.3, -0.25) is 0 Å². The van der Waals surface area contributed by atoms with Gasteiger partial charge in [0.1, 0.15) is 6.34 Å². The number of carbonyl (C=O) groups excluding carboxylic acids is 1. The highest BCUT2D eigenvalue weighted by Crippen LogP contribution is 2.14. The van der Waals surface area contributed by atoms with Crippen molar-refractivity contribution in [1.82, 2.24) is 5.43 Å². The fraction of sp³-hybridized carbons (Fsp3) is 0.273. The highest BCUT2D eigenvalue weighted by atomic mass is 16.5. The minimum Gasteiger partial charge on any atom is -0.465 e. The molecule has 0 unspecified atom stereocenters. The molecule has 1 aliphatic rings. The first-order valence-electron chi connectivity index (χ1n) is 5.02. The lowest BCUT2D eigenvalue weighted by atomic mass is 10.2. The fourth-order valence-electron chi connectivity index (χ4n) is 1.51. The third-order valence-corrected chi connectivity index (χ3v) is 2.37. The molecular formula is C11H13N3O2. The number of hydrazone groups is 1. The van der Waals surface area contributed by atoms with Gasteiger partial charge in [0.15, 0.2) is 0 Å². The van der Waals surface area contributed by atoms with Crippen molar-refractivity contribution in [2.24, 2.45) is 5.10 Å². The van der Waals surface area contributed by atoms with E-state index in [1.54, 1.807) is 18.5 Å². The number of carbonyl (C=O) groups is 1. The van der Waals surface area contributed by atoms with Gasteiger partial charge in [-0.2, -0.15) is 5.10 Å². The second-order valence-electron chi connectivity index (χ2n) is 3.38. The number of anilines is 1. The third kappa shape index (κ3) is 2.13. The summed E-state index contributed by atoms with van der Waals surface area (Å²) in [5.41, 5.74) is 4.44. The van der Waals surface area contributed by atoms with Gasteiger partial charge in [0.2, 0.25) is 0 Å². The van der Waals surface area contributed by atoms with Gasteiger partial charge in [0.05, 0.1) is 19.2 Å². The smallest absolute Gasteiger partial charge is 0.337 e. The van der Waals surface area contributed by atoms with Gasteiger partial charge in [-0.05, 0) is 24.3 Å². The lowest BCUT2D eigenvalue weighted by molar-refractivity contribution is 0.0601. The van der Waals surface area contributed by atoms with Crippen LogP contribution in [0.4, 0.5) is 5.69 Å². The molecule has 1 heterocycles. The molecule has 0 fully saturated rings. The predicted molar refractivity (Wildman–Crippen MR) is 61.6 cm³/mol. The summed E-state index contributed by atoms with van der Waals surface area (Å²) in [4.78, 5) is 13.2. The van der Waals surface area contributed by atoms with Crippen molar-refractivity contribution < 1.29 is 9.53 Å². The molecule has 0 saturated carbocycles. The van der Waals surface area contributed by atoms with Crippen molar-refractivity contribution in [2.45, 2.75) is 0 Å². The van der Waals surface area contributed by atoms with E-state index in [9.17, 15) is 4.79 Å². The van der Waals surface area contributed by atoms with E-state index in [0.29, 0.717) is 5.56 Å². The molecule has 0 spiro atoms. The molecule has 5 heteroatoms. The normalized spacial score (nSPS) is 14.4. The number of methoxy groups -OCH3 is 1. The van der Waals surface area contributed by atoms with Crippen molar-refractivity contribution in [3.63, 3.8) is 0 Å². The number of nitrogens with one attached hydrogen (secondary N) is 1. The summed E-state index contributed by atoms with van der Waals surface area (Å²) in [5, 5.41) is 3.97. The molecule has 0 atom stereocenters. The maximum absolute atomic E-state index is 11.2. The summed E-state index contributed by atoms with van der Waals surface area (Å²) in [6.45, 7) is 1.68. The molecule has 0 aromatic heterocycles. The van der Waals surface area contributed by atoms with E-state index in [4.69, 9.17) is 0 Å². The van der Waals surface area contributed by atoms with Crippen molar-refractivity contribution in [3.05, 3.63) is 29.8 Å². The predicted octanol–water partition coefficient (Wildman–Crippen LogP) is 0.826. The second kappa shape index (κ2) is 4.65. The third-order valence-electron chi connectivity index (χ3n) is 2.37. The van der Waals surface area contributed by atoms with Gasteiger partial charge >= 0.3 is 5.97 Å². The van der Waals surface area contributed by atoms with Gasteiger partial charge in [0.25, 0.3) is 0 Å². The van der Waals surface area contributed by atoms with Crippen LogP contribution in [0.25, 0.3) is 0 Å². The average molecular weight is 219 g/mol. The molecule has 0 aliphatic carbocycles. The van der Waals surface area contributed by atoms with Crippen LogP contribution in [0.2, 0.25) is 0 Å². The molecule has 1 N–H and O–H groups in total. The largest absolute Gasteiger partial charge is 0.465 e. The fourth-order valence-corrected chi connectivity index (χ4v) is 1.51. The maximum atomic E-state index is 11.2. The van der Waals surface area contributed by atoms with E-state index in [1.807, 2.05) is 17.0 Å². The number of ether oxygens (including phenoxy) is 1.